The Hall–Kier alpha value is -3.54. The Bertz CT molecular complexity index is 1100. The minimum atomic E-state index is -0.538. The van der Waals surface area contributed by atoms with Gasteiger partial charge in [-0.2, -0.15) is 0 Å². The molecule has 4 N–H and O–H groups in total. The number of carbonyl (C=O) groups is 2. The third kappa shape index (κ3) is 10.6. The Morgan fingerprint density at radius 2 is 1.38 bits per heavy atom. The zero-order valence-electron chi connectivity index (χ0n) is 25.3. The number of hydrogen-bond acceptors (Lipinski definition) is 2. The summed E-state index contributed by atoms with van der Waals surface area (Å²) in [6.07, 6.45) is 3.50. The molecular formula is C33H50N4O2. The summed E-state index contributed by atoms with van der Waals surface area (Å²) >= 11 is 0. The standard InChI is InChI=1S/C31H44N4O2.C2H6/c1-9-24-16-10-12-18-26(24)30(5,6)35-29(37)33-21-23(4)15-14-20-32-28(36)34-31(7,8)27-19-13-11-17-25(27)22(2)3;1-2/h9-13,16-19,23H,1-2,14-15,20-21H2,3-8H3,(H2,32,34,36)(H2,33,35,37);1-2H3. The van der Waals surface area contributed by atoms with Crippen LogP contribution in [0.1, 0.15) is 90.5 Å². The molecule has 6 nitrogen and oxygen atoms in total. The molecule has 0 heterocycles. The highest BCUT2D eigenvalue weighted by Gasteiger charge is 2.26. The van der Waals surface area contributed by atoms with Crippen LogP contribution in [0.15, 0.2) is 61.7 Å². The Labute approximate surface area is 236 Å². The first-order valence-corrected chi connectivity index (χ1v) is 14.0. The highest BCUT2D eigenvalue weighted by atomic mass is 16.2. The van der Waals surface area contributed by atoms with E-state index in [1.807, 2.05) is 97.0 Å². The van der Waals surface area contributed by atoms with Crippen molar-refractivity contribution in [1.29, 1.82) is 0 Å². The highest BCUT2D eigenvalue weighted by molar-refractivity contribution is 5.76. The number of rotatable bonds is 12. The zero-order chi connectivity index (χ0) is 29.6. The van der Waals surface area contributed by atoms with Gasteiger partial charge in [0.1, 0.15) is 0 Å². The molecule has 0 spiro atoms. The molecule has 0 fully saturated rings. The van der Waals surface area contributed by atoms with Crippen molar-refractivity contribution in [3.63, 3.8) is 0 Å². The van der Waals surface area contributed by atoms with Crippen molar-refractivity contribution in [2.24, 2.45) is 5.92 Å². The fraction of sp³-hybridized carbons (Fsp3) is 0.455. The number of urea groups is 2. The molecule has 0 saturated carbocycles. The van der Waals surface area contributed by atoms with Crippen LogP contribution in [0.3, 0.4) is 0 Å². The second-order valence-corrected chi connectivity index (χ2v) is 10.8. The molecule has 1 unspecified atom stereocenters. The molecule has 39 heavy (non-hydrogen) atoms. The van der Waals surface area contributed by atoms with Gasteiger partial charge in [-0.25, -0.2) is 9.59 Å². The average Bonchev–Trinajstić information content (AvgIpc) is 2.90. The topological polar surface area (TPSA) is 82.3 Å². The summed E-state index contributed by atoms with van der Waals surface area (Å²) in [4.78, 5) is 25.1. The quantitative estimate of drug-likeness (QED) is 0.212. The maximum Gasteiger partial charge on any atom is 0.315 e. The van der Waals surface area contributed by atoms with Crippen molar-refractivity contribution in [2.75, 3.05) is 13.1 Å². The minimum Gasteiger partial charge on any atom is -0.338 e. The first-order valence-electron chi connectivity index (χ1n) is 14.0. The predicted octanol–water partition coefficient (Wildman–Crippen LogP) is 7.57. The van der Waals surface area contributed by atoms with E-state index in [-0.39, 0.29) is 18.0 Å². The van der Waals surface area contributed by atoms with Gasteiger partial charge in [0.05, 0.1) is 11.1 Å². The summed E-state index contributed by atoms with van der Waals surface area (Å²) in [7, 11) is 0. The van der Waals surface area contributed by atoms with Gasteiger partial charge in [0, 0.05) is 13.1 Å². The van der Waals surface area contributed by atoms with Crippen LogP contribution >= 0.6 is 0 Å². The van der Waals surface area contributed by atoms with Gasteiger partial charge in [-0.3, -0.25) is 0 Å². The lowest BCUT2D eigenvalue weighted by Crippen LogP contribution is -2.47. The van der Waals surface area contributed by atoms with Crippen LogP contribution in [0.5, 0.6) is 0 Å². The summed E-state index contributed by atoms with van der Waals surface area (Å²) < 4.78 is 0. The van der Waals surface area contributed by atoms with Crippen LogP contribution < -0.4 is 21.3 Å². The highest BCUT2D eigenvalue weighted by Crippen LogP contribution is 2.28. The van der Waals surface area contributed by atoms with E-state index < -0.39 is 11.1 Å². The molecule has 0 radical (unpaired) electrons. The van der Waals surface area contributed by atoms with Crippen molar-refractivity contribution >= 4 is 23.7 Å². The Morgan fingerprint density at radius 1 is 0.872 bits per heavy atom. The van der Waals surface area contributed by atoms with Crippen LogP contribution in [0.2, 0.25) is 0 Å². The van der Waals surface area contributed by atoms with E-state index in [9.17, 15) is 9.59 Å². The number of hydrogen-bond donors (Lipinski definition) is 4. The first-order chi connectivity index (χ1) is 18.4. The molecule has 0 bridgehead atoms. The predicted molar refractivity (Wildman–Crippen MR) is 167 cm³/mol. The van der Waals surface area contributed by atoms with Crippen LogP contribution in [-0.4, -0.2) is 25.2 Å². The monoisotopic (exact) mass is 534 g/mol. The molecule has 0 aliphatic carbocycles. The fourth-order valence-corrected chi connectivity index (χ4v) is 4.46. The second kappa shape index (κ2) is 15.8. The average molecular weight is 535 g/mol. The van der Waals surface area contributed by atoms with Crippen LogP contribution in [0.4, 0.5) is 9.59 Å². The molecule has 0 aliphatic heterocycles. The third-order valence-electron chi connectivity index (χ3n) is 6.54. The number of carbonyl (C=O) groups excluding carboxylic acids is 2. The molecule has 0 aliphatic rings. The van der Waals surface area contributed by atoms with E-state index in [4.69, 9.17) is 0 Å². The van der Waals surface area contributed by atoms with Gasteiger partial charge in [-0.05, 0) is 75.6 Å². The Balaban J connectivity index is 0.00000371. The van der Waals surface area contributed by atoms with E-state index in [0.717, 1.165) is 40.7 Å². The van der Waals surface area contributed by atoms with E-state index in [2.05, 4.69) is 41.3 Å². The number of amides is 4. The molecule has 4 amide bonds. The van der Waals surface area contributed by atoms with Crippen molar-refractivity contribution in [3.05, 3.63) is 83.9 Å². The van der Waals surface area contributed by atoms with Crippen LogP contribution in [0, 0.1) is 5.92 Å². The number of benzene rings is 2. The van der Waals surface area contributed by atoms with E-state index in [1.165, 1.54) is 0 Å². The SMILES string of the molecule is C=Cc1ccccc1C(C)(C)NC(=O)NCC(C)CCCNC(=O)NC(C)(C)c1ccccc1C(=C)C.CC. The molecule has 2 aromatic carbocycles. The Morgan fingerprint density at radius 3 is 1.97 bits per heavy atom. The fourth-order valence-electron chi connectivity index (χ4n) is 4.46. The van der Waals surface area contributed by atoms with E-state index >= 15 is 0 Å². The van der Waals surface area contributed by atoms with Gasteiger partial charge in [-0.15, -0.1) is 0 Å². The maximum atomic E-state index is 12.6. The van der Waals surface area contributed by atoms with Gasteiger partial charge in [-0.1, -0.05) is 94.1 Å². The molecule has 2 rings (SSSR count). The van der Waals surface area contributed by atoms with Gasteiger partial charge in [0.2, 0.25) is 0 Å². The summed E-state index contributed by atoms with van der Waals surface area (Å²) in [5.74, 6) is 0.276. The lowest BCUT2D eigenvalue weighted by molar-refractivity contribution is 0.228. The lowest BCUT2D eigenvalue weighted by Gasteiger charge is -2.29. The normalized spacial score (nSPS) is 11.8. The lowest BCUT2D eigenvalue weighted by atomic mass is 9.87. The molecular weight excluding hydrogens is 484 g/mol. The third-order valence-corrected chi connectivity index (χ3v) is 6.54. The number of nitrogens with one attached hydrogen (secondary N) is 4. The number of allylic oxidation sites excluding steroid dienone is 1. The van der Waals surface area contributed by atoms with Gasteiger partial charge >= 0.3 is 12.1 Å². The van der Waals surface area contributed by atoms with Gasteiger partial charge < -0.3 is 21.3 Å². The second-order valence-electron chi connectivity index (χ2n) is 10.8. The van der Waals surface area contributed by atoms with Crippen molar-refractivity contribution in [1.82, 2.24) is 21.3 Å². The van der Waals surface area contributed by atoms with E-state index in [1.54, 1.807) is 6.08 Å². The summed E-state index contributed by atoms with van der Waals surface area (Å²) in [6.45, 7) is 25.0. The largest absolute Gasteiger partial charge is 0.338 e. The summed E-state index contributed by atoms with van der Waals surface area (Å²) in [5, 5.41) is 12.1. The van der Waals surface area contributed by atoms with Crippen molar-refractivity contribution < 1.29 is 9.59 Å². The van der Waals surface area contributed by atoms with Crippen molar-refractivity contribution in [2.45, 2.75) is 79.3 Å². The molecule has 0 aromatic heterocycles. The van der Waals surface area contributed by atoms with Gasteiger partial charge in [0.25, 0.3) is 0 Å². The molecule has 0 saturated heterocycles. The zero-order valence-corrected chi connectivity index (χ0v) is 25.3. The molecule has 6 heteroatoms. The maximum absolute atomic E-state index is 12.6. The van der Waals surface area contributed by atoms with Crippen LogP contribution in [-0.2, 0) is 11.1 Å². The smallest absolute Gasteiger partial charge is 0.315 e. The van der Waals surface area contributed by atoms with Crippen molar-refractivity contribution in [3.8, 4) is 0 Å². The molecule has 1 atom stereocenters. The molecule has 214 valence electrons. The first kappa shape index (κ1) is 33.5. The molecule has 2 aromatic rings. The minimum absolute atomic E-state index is 0.200. The summed E-state index contributed by atoms with van der Waals surface area (Å²) in [5.41, 5.74) is 3.99. The Kier molecular flexibility index (Phi) is 13.5. The van der Waals surface area contributed by atoms with Crippen LogP contribution in [0.25, 0.3) is 11.6 Å². The van der Waals surface area contributed by atoms with Gasteiger partial charge in [0.15, 0.2) is 0 Å². The van der Waals surface area contributed by atoms with E-state index in [0.29, 0.717) is 13.1 Å². The summed E-state index contributed by atoms with van der Waals surface area (Å²) in [6, 6.07) is 15.5.